The second-order valence-electron chi connectivity index (χ2n) is 5.55. The van der Waals surface area contributed by atoms with Crippen LogP contribution in [0.25, 0.3) is 11.1 Å². The van der Waals surface area contributed by atoms with Gasteiger partial charge in [-0.3, -0.25) is 9.78 Å². The Kier molecular flexibility index (Phi) is 4.28. The molecule has 0 atom stereocenters. The number of aromatic nitrogens is 1. The van der Waals surface area contributed by atoms with Crippen LogP contribution in [0.1, 0.15) is 24.0 Å². The monoisotopic (exact) mass is 310 g/mol. The van der Waals surface area contributed by atoms with Gasteiger partial charge in [0.25, 0.3) is 0 Å². The second kappa shape index (κ2) is 6.52. The molecule has 1 aromatic heterocycles. The first-order valence-corrected chi connectivity index (χ1v) is 7.59. The van der Waals surface area contributed by atoms with E-state index in [-0.39, 0.29) is 5.91 Å². The number of aromatic amines is 1. The van der Waals surface area contributed by atoms with Crippen molar-refractivity contribution in [3.05, 3.63) is 64.1 Å². The van der Waals surface area contributed by atoms with E-state index in [4.69, 9.17) is 4.42 Å². The van der Waals surface area contributed by atoms with Crippen molar-refractivity contribution < 1.29 is 9.21 Å². The molecular weight excluding hydrogens is 292 g/mol. The smallest absolute Gasteiger partial charge is 0.408 e. The van der Waals surface area contributed by atoms with Gasteiger partial charge in [0, 0.05) is 12.1 Å². The van der Waals surface area contributed by atoms with Gasteiger partial charge in [0.2, 0.25) is 5.91 Å². The lowest BCUT2D eigenvalue weighted by Gasteiger charge is -2.07. The first-order valence-electron chi connectivity index (χ1n) is 7.59. The quantitative estimate of drug-likeness (QED) is 0.758. The molecule has 23 heavy (non-hydrogen) atoms. The van der Waals surface area contributed by atoms with E-state index in [0.717, 1.165) is 12.8 Å². The fourth-order valence-corrected chi connectivity index (χ4v) is 2.58. The van der Waals surface area contributed by atoms with E-state index in [1.54, 1.807) is 18.2 Å². The van der Waals surface area contributed by atoms with E-state index in [9.17, 15) is 9.59 Å². The number of rotatable bonds is 5. The highest BCUT2D eigenvalue weighted by Gasteiger charge is 2.06. The molecule has 0 saturated heterocycles. The lowest BCUT2D eigenvalue weighted by molar-refractivity contribution is -0.116. The normalized spacial score (nSPS) is 10.8. The molecule has 0 aliphatic carbocycles. The van der Waals surface area contributed by atoms with Crippen LogP contribution in [0, 0.1) is 6.92 Å². The number of hydrogen-bond donors (Lipinski definition) is 2. The molecule has 1 amide bonds. The summed E-state index contributed by atoms with van der Waals surface area (Å²) in [5.41, 5.74) is 4.23. The average molecular weight is 310 g/mol. The highest BCUT2D eigenvalue weighted by atomic mass is 16.4. The largest absolute Gasteiger partial charge is 0.417 e. The molecule has 0 aliphatic heterocycles. The van der Waals surface area contributed by atoms with Gasteiger partial charge in [-0.25, -0.2) is 4.79 Å². The SMILES string of the molecule is Cc1ccccc1CCCC(=O)Nc1ccc2oc(=O)[nH]c2c1. The molecule has 3 aromatic rings. The molecule has 0 radical (unpaired) electrons. The van der Waals surface area contributed by atoms with Crippen LogP contribution in [0.2, 0.25) is 0 Å². The number of carbonyl (C=O) groups is 1. The van der Waals surface area contributed by atoms with Gasteiger partial charge in [-0.05, 0) is 49.1 Å². The van der Waals surface area contributed by atoms with Crippen molar-refractivity contribution in [2.45, 2.75) is 26.2 Å². The number of fused-ring (bicyclic) bond motifs is 1. The Hall–Kier alpha value is -2.82. The van der Waals surface area contributed by atoms with Crippen LogP contribution in [0.5, 0.6) is 0 Å². The predicted molar refractivity (Wildman–Crippen MR) is 89.6 cm³/mol. The van der Waals surface area contributed by atoms with Gasteiger partial charge in [-0.2, -0.15) is 0 Å². The molecule has 2 N–H and O–H groups in total. The van der Waals surface area contributed by atoms with Crippen molar-refractivity contribution in [3.63, 3.8) is 0 Å². The summed E-state index contributed by atoms with van der Waals surface area (Å²) >= 11 is 0. The number of aryl methyl sites for hydroxylation is 2. The molecular formula is C18H18N2O3. The van der Waals surface area contributed by atoms with Gasteiger partial charge >= 0.3 is 5.76 Å². The Morgan fingerprint density at radius 2 is 2.04 bits per heavy atom. The Labute approximate surface area is 133 Å². The molecule has 5 heteroatoms. The third-order valence-electron chi connectivity index (χ3n) is 3.81. The number of oxazole rings is 1. The lowest BCUT2D eigenvalue weighted by Crippen LogP contribution is -2.11. The Morgan fingerprint density at radius 3 is 2.87 bits per heavy atom. The average Bonchev–Trinajstić information content (AvgIpc) is 2.88. The zero-order valence-electron chi connectivity index (χ0n) is 12.9. The summed E-state index contributed by atoms with van der Waals surface area (Å²) < 4.78 is 4.93. The zero-order valence-corrected chi connectivity index (χ0v) is 12.9. The highest BCUT2D eigenvalue weighted by molar-refractivity contribution is 5.92. The minimum Gasteiger partial charge on any atom is -0.408 e. The van der Waals surface area contributed by atoms with Crippen LogP contribution in [0.15, 0.2) is 51.7 Å². The Balaban J connectivity index is 1.56. The van der Waals surface area contributed by atoms with Gasteiger partial charge in [0.15, 0.2) is 5.58 Å². The molecule has 3 rings (SSSR count). The van der Waals surface area contributed by atoms with E-state index >= 15 is 0 Å². The van der Waals surface area contributed by atoms with Crippen LogP contribution >= 0.6 is 0 Å². The summed E-state index contributed by atoms with van der Waals surface area (Å²) in [7, 11) is 0. The van der Waals surface area contributed by atoms with Gasteiger partial charge in [-0.1, -0.05) is 24.3 Å². The summed E-state index contributed by atoms with van der Waals surface area (Å²) in [5, 5.41) is 2.84. The molecule has 0 bridgehead atoms. The molecule has 0 fully saturated rings. The first-order chi connectivity index (χ1) is 11.1. The number of amides is 1. The maximum Gasteiger partial charge on any atom is 0.417 e. The van der Waals surface area contributed by atoms with Crippen LogP contribution < -0.4 is 11.1 Å². The van der Waals surface area contributed by atoms with Crippen LogP contribution in [0.4, 0.5) is 5.69 Å². The van der Waals surface area contributed by atoms with E-state index in [1.165, 1.54) is 11.1 Å². The lowest BCUT2D eigenvalue weighted by atomic mass is 10.0. The zero-order chi connectivity index (χ0) is 16.2. The van der Waals surface area contributed by atoms with Crippen molar-refractivity contribution in [2.75, 3.05) is 5.32 Å². The van der Waals surface area contributed by atoms with E-state index in [1.807, 2.05) is 12.1 Å². The maximum atomic E-state index is 12.0. The van der Waals surface area contributed by atoms with Gasteiger partial charge in [0.1, 0.15) is 0 Å². The summed E-state index contributed by atoms with van der Waals surface area (Å²) in [5.74, 6) is -0.537. The summed E-state index contributed by atoms with van der Waals surface area (Å²) in [4.78, 5) is 25.7. The second-order valence-corrected chi connectivity index (χ2v) is 5.55. The van der Waals surface area contributed by atoms with Crippen LogP contribution in [-0.2, 0) is 11.2 Å². The summed E-state index contributed by atoms with van der Waals surface area (Å²) in [6.07, 6.45) is 2.13. The molecule has 0 saturated carbocycles. The van der Waals surface area contributed by atoms with Gasteiger partial charge in [0.05, 0.1) is 5.52 Å². The molecule has 0 spiro atoms. The van der Waals surface area contributed by atoms with Crippen LogP contribution in [-0.4, -0.2) is 10.9 Å². The van der Waals surface area contributed by atoms with Crippen molar-refractivity contribution in [1.82, 2.24) is 4.98 Å². The Bertz CT molecular complexity index is 892. The summed E-state index contributed by atoms with van der Waals surface area (Å²) in [6, 6.07) is 13.3. The van der Waals surface area contributed by atoms with E-state index in [0.29, 0.717) is 23.2 Å². The van der Waals surface area contributed by atoms with Crippen molar-refractivity contribution >= 4 is 22.7 Å². The molecule has 0 aliphatic rings. The molecule has 1 heterocycles. The minimum atomic E-state index is -0.498. The number of nitrogens with one attached hydrogen (secondary N) is 2. The predicted octanol–water partition coefficient (Wildman–Crippen LogP) is 3.39. The van der Waals surface area contributed by atoms with Gasteiger partial charge in [-0.15, -0.1) is 0 Å². The maximum absolute atomic E-state index is 12.0. The molecule has 5 nitrogen and oxygen atoms in total. The van der Waals surface area contributed by atoms with Crippen molar-refractivity contribution in [3.8, 4) is 0 Å². The fraction of sp³-hybridized carbons (Fsp3) is 0.222. The van der Waals surface area contributed by atoms with Gasteiger partial charge < -0.3 is 9.73 Å². The minimum absolute atomic E-state index is 0.0382. The third kappa shape index (κ3) is 3.69. The summed E-state index contributed by atoms with van der Waals surface area (Å²) in [6.45, 7) is 2.08. The van der Waals surface area contributed by atoms with Crippen LogP contribution in [0.3, 0.4) is 0 Å². The number of benzene rings is 2. The molecule has 118 valence electrons. The Morgan fingerprint density at radius 1 is 1.22 bits per heavy atom. The molecule has 0 unspecified atom stereocenters. The van der Waals surface area contributed by atoms with E-state index < -0.39 is 5.76 Å². The third-order valence-corrected chi connectivity index (χ3v) is 3.81. The standard InChI is InChI=1S/C18H18N2O3/c1-12-5-2-3-6-13(12)7-4-8-17(21)19-14-9-10-16-15(11-14)20-18(22)23-16/h2-3,5-6,9-11H,4,7-8H2,1H3,(H,19,21)(H,20,22). The number of hydrogen-bond acceptors (Lipinski definition) is 3. The fourth-order valence-electron chi connectivity index (χ4n) is 2.58. The number of carbonyl (C=O) groups excluding carboxylic acids is 1. The molecule has 2 aromatic carbocycles. The topological polar surface area (TPSA) is 75.1 Å². The van der Waals surface area contributed by atoms with Crippen molar-refractivity contribution in [2.24, 2.45) is 0 Å². The number of anilines is 1. The number of H-pyrrole nitrogens is 1. The van der Waals surface area contributed by atoms with Crippen molar-refractivity contribution in [1.29, 1.82) is 0 Å². The highest BCUT2D eigenvalue weighted by Crippen LogP contribution is 2.17. The first kappa shape index (κ1) is 15.1. The van der Waals surface area contributed by atoms with E-state index in [2.05, 4.69) is 29.4 Å².